The van der Waals surface area contributed by atoms with Crippen LogP contribution in [0.5, 0.6) is 0 Å². The molecular weight excluding hydrogens is 324 g/mol. The Morgan fingerprint density at radius 1 is 1.40 bits per heavy atom. The van der Waals surface area contributed by atoms with Crippen LogP contribution in [0.1, 0.15) is 6.42 Å². The molecule has 5 heteroatoms. The SMILES string of the molecule is CNCCC(=O)Nc1cc(Br)ccc1Br. The third kappa shape index (κ3) is 4.32. The summed E-state index contributed by atoms with van der Waals surface area (Å²) >= 11 is 6.73. The normalized spacial score (nSPS) is 10.1. The van der Waals surface area contributed by atoms with E-state index < -0.39 is 0 Å². The van der Waals surface area contributed by atoms with Crippen LogP contribution in [-0.4, -0.2) is 19.5 Å². The number of hydrogen-bond donors (Lipinski definition) is 2. The first-order valence-electron chi connectivity index (χ1n) is 4.53. The van der Waals surface area contributed by atoms with Gasteiger partial charge < -0.3 is 10.6 Å². The minimum absolute atomic E-state index is 0.00292. The van der Waals surface area contributed by atoms with Gasteiger partial charge in [0.25, 0.3) is 0 Å². The van der Waals surface area contributed by atoms with Crippen molar-refractivity contribution in [3.63, 3.8) is 0 Å². The van der Waals surface area contributed by atoms with Crippen molar-refractivity contribution in [2.24, 2.45) is 0 Å². The van der Waals surface area contributed by atoms with Crippen molar-refractivity contribution in [1.82, 2.24) is 5.32 Å². The Morgan fingerprint density at radius 2 is 2.13 bits per heavy atom. The summed E-state index contributed by atoms with van der Waals surface area (Å²) in [6.07, 6.45) is 0.468. The fraction of sp³-hybridized carbons (Fsp3) is 0.300. The predicted molar refractivity (Wildman–Crippen MR) is 69.0 cm³/mol. The largest absolute Gasteiger partial charge is 0.325 e. The van der Waals surface area contributed by atoms with Crippen molar-refractivity contribution < 1.29 is 4.79 Å². The summed E-state index contributed by atoms with van der Waals surface area (Å²) in [5, 5.41) is 5.76. The zero-order valence-electron chi connectivity index (χ0n) is 8.31. The molecule has 1 rings (SSSR count). The van der Waals surface area contributed by atoms with Crippen LogP contribution >= 0.6 is 31.9 Å². The van der Waals surface area contributed by atoms with Gasteiger partial charge >= 0.3 is 0 Å². The zero-order chi connectivity index (χ0) is 11.3. The first-order chi connectivity index (χ1) is 7.13. The molecule has 1 amide bonds. The Morgan fingerprint density at radius 3 is 2.80 bits per heavy atom. The smallest absolute Gasteiger partial charge is 0.225 e. The highest BCUT2D eigenvalue weighted by Gasteiger charge is 2.05. The molecule has 3 nitrogen and oxygen atoms in total. The van der Waals surface area contributed by atoms with Gasteiger partial charge in [0, 0.05) is 21.9 Å². The first-order valence-corrected chi connectivity index (χ1v) is 6.11. The molecule has 0 heterocycles. The van der Waals surface area contributed by atoms with Gasteiger partial charge in [0.05, 0.1) is 5.69 Å². The van der Waals surface area contributed by atoms with Crippen molar-refractivity contribution in [2.75, 3.05) is 18.9 Å². The van der Waals surface area contributed by atoms with Gasteiger partial charge in [0.2, 0.25) is 5.91 Å². The highest BCUT2D eigenvalue weighted by atomic mass is 79.9. The topological polar surface area (TPSA) is 41.1 Å². The third-order valence-corrected chi connectivity index (χ3v) is 2.99. The van der Waals surface area contributed by atoms with Gasteiger partial charge in [-0.2, -0.15) is 0 Å². The molecule has 15 heavy (non-hydrogen) atoms. The lowest BCUT2D eigenvalue weighted by Gasteiger charge is -2.07. The number of carbonyl (C=O) groups is 1. The number of hydrogen-bond acceptors (Lipinski definition) is 2. The lowest BCUT2D eigenvalue weighted by molar-refractivity contribution is -0.116. The van der Waals surface area contributed by atoms with Crippen molar-refractivity contribution in [2.45, 2.75) is 6.42 Å². The summed E-state index contributed by atoms with van der Waals surface area (Å²) in [7, 11) is 1.82. The van der Waals surface area contributed by atoms with Gasteiger partial charge in [-0.3, -0.25) is 4.79 Å². The average molecular weight is 336 g/mol. The number of amides is 1. The number of benzene rings is 1. The van der Waals surface area contributed by atoms with Gasteiger partial charge in [0.15, 0.2) is 0 Å². The third-order valence-electron chi connectivity index (χ3n) is 1.80. The molecule has 0 saturated carbocycles. The van der Waals surface area contributed by atoms with E-state index in [0.29, 0.717) is 13.0 Å². The molecule has 0 unspecified atom stereocenters. The van der Waals surface area contributed by atoms with Crippen LogP contribution in [0.25, 0.3) is 0 Å². The van der Waals surface area contributed by atoms with Crippen LogP contribution in [0, 0.1) is 0 Å². The quantitative estimate of drug-likeness (QED) is 0.888. The van der Waals surface area contributed by atoms with Crippen molar-refractivity contribution in [1.29, 1.82) is 0 Å². The molecule has 82 valence electrons. The van der Waals surface area contributed by atoms with Gasteiger partial charge in [-0.05, 0) is 41.2 Å². The van der Waals surface area contributed by atoms with E-state index in [2.05, 4.69) is 42.5 Å². The van der Waals surface area contributed by atoms with Crippen molar-refractivity contribution in [3.8, 4) is 0 Å². The molecule has 2 N–H and O–H groups in total. The van der Waals surface area contributed by atoms with Crippen molar-refractivity contribution in [3.05, 3.63) is 27.1 Å². The number of carbonyl (C=O) groups excluding carboxylic acids is 1. The zero-order valence-corrected chi connectivity index (χ0v) is 11.5. The molecule has 0 fully saturated rings. The summed E-state index contributed by atoms with van der Waals surface area (Å²) in [5.74, 6) is 0.00292. The molecule has 0 bridgehead atoms. The molecule has 0 aliphatic carbocycles. The maximum Gasteiger partial charge on any atom is 0.225 e. The van der Waals surface area contributed by atoms with Gasteiger partial charge in [-0.15, -0.1) is 0 Å². The molecule has 0 aliphatic rings. The Hall–Kier alpha value is -0.390. The molecule has 0 atom stereocenters. The maximum atomic E-state index is 11.4. The van der Waals surface area contributed by atoms with Gasteiger partial charge in [-0.25, -0.2) is 0 Å². The van der Waals surface area contributed by atoms with Gasteiger partial charge in [-0.1, -0.05) is 15.9 Å². The summed E-state index contributed by atoms with van der Waals surface area (Å²) in [6, 6.07) is 5.66. The second-order valence-corrected chi connectivity index (χ2v) is 4.80. The van der Waals surface area contributed by atoms with Crippen LogP contribution in [-0.2, 0) is 4.79 Å². The van der Waals surface area contributed by atoms with Crippen LogP contribution in [0.2, 0.25) is 0 Å². The molecule has 1 aromatic rings. The van der Waals surface area contributed by atoms with E-state index in [1.165, 1.54) is 0 Å². The van der Waals surface area contributed by atoms with Gasteiger partial charge in [0.1, 0.15) is 0 Å². The first kappa shape index (κ1) is 12.7. The van der Waals surface area contributed by atoms with E-state index in [-0.39, 0.29) is 5.91 Å². The van der Waals surface area contributed by atoms with E-state index in [9.17, 15) is 4.79 Å². The standard InChI is InChI=1S/C10H12Br2N2O/c1-13-5-4-10(15)14-9-6-7(11)2-3-8(9)12/h2-3,6,13H,4-5H2,1H3,(H,14,15). The molecule has 1 aromatic carbocycles. The Bertz CT molecular complexity index is 355. The Balaban J connectivity index is 2.63. The lowest BCUT2D eigenvalue weighted by Crippen LogP contribution is -2.18. The van der Waals surface area contributed by atoms with Crippen LogP contribution in [0.3, 0.4) is 0 Å². The fourth-order valence-electron chi connectivity index (χ4n) is 1.04. The number of nitrogens with one attached hydrogen (secondary N) is 2. The predicted octanol–water partition coefficient (Wildman–Crippen LogP) is 2.76. The molecule has 0 spiro atoms. The van der Waals surface area contributed by atoms with E-state index in [0.717, 1.165) is 14.6 Å². The number of anilines is 1. The minimum atomic E-state index is 0.00292. The van der Waals surface area contributed by atoms with E-state index in [1.54, 1.807) is 0 Å². The summed E-state index contributed by atoms with van der Waals surface area (Å²) in [5.41, 5.74) is 0.783. The van der Waals surface area contributed by atoms with E-state index in [1.807, 2.05) is 25.2 Å². The fourth-order valence-corrected chi connectivity index (χ4v) is 1.75. The monoisotopic (exact) mass is 334 g/mol. The summed E-state index contributed by atoms with van der Waals surface area (Å²) in [4.78, 5) is 11.4. The number of halogens is 2. The summed E-state index contributed by atoms with van der Waals surface area (Å²) in [6.45, 7) is 0.678. The second-order valence-electron chi connectivity index (χ2n) is 3.03. The molecular formula is C10H12Br2N2O. The minimum Gasteiger partial charge on any atom is -0.325 e. The average Bonchev–Trinajstić information content (AvgIpc) is 2.20. The summed E-state index contributed by atoms with van der Waals surface area (Å²) < 4.78 is 1.82. The van der Waals surface area contributed by atoms with E-state index in [4.69, 9.17) is 0 Å². The van der Waals surface area contributed by atoms with Crippen LogP contribution in [0.4, 0.5) is 5.69 Å². The Kier molecular flexibility index (Phi) is 5.28. The van der Waals surface area contributed by atoms with Crippen molar-refractivity contribution >= 4 is 43.5 Å². The highest BCUT2D eigenvalue weighted by Crippen LogP contribution is 2.26. The molecule has 0 radical (unpaired) electrons. The molecule has 0 saturated heterocycles. The second kappa shape index (κ2) is 6.25. The maximum absolute atomic E-state index is 11.4. The highest BCUT2D eigenvalue weighted by molar-refractivity contribution is 9.11. The lowest BCUT2D eigenvalue weighted by atomic mass is 10.3. The van der Waals surface area contributed by atoms with Crippen LogP contribution < -0.4 is 10.6 Å². The molecule has 0 aliphatic heterocycles. The molecule has 0 aromatic heterocycles. The number of rotatable bonds is 4. The van der Waals surface area contributed by atoms with E-state index >= 15 is 0 Å². The Labute approximate surface area is 106 Å². The van der Waals surface area contributed by atoms with Crippen LogP contribution in [0.15, 0.2) is 27.1 Å².